The van der Waals surface area contributed by atoms with E-state index >= 15 is 0 Å². The van der Waals surface area contributed by atoms with Crippen molar-refractivity contribution in [1.82, 2.24) is 10.2 Å². The molecule has 0 aliphatic heterocycles. The van der Waals surface area contributed by atoms with Crippen molar-refractivity contribution in [3.8, 4) is 0 Å². The maximum atomic E-state index is 12.0. The normalized spacial score (nSPS) is 8.52. The summed E-state index contributed by atoms with van der Waals surface area (Å²) in [6.07, 6.45) is 7.07. The molecule has 252 valence electrons. The first-order chi connectivity index (χ1) is 21.0. The summed E-state index contributed by atoms with van der Waals surface area (Å²) in [5.41, 5.74) is 1.57. The predicted octanol–water partition coefficient (Wildman–Crippen LogP) is 9.21. The van der Waals surface area contributed by atoms with E-state index in [0.717, 1.165) is 13.1 Å². The smallest absolute Gasteiger partial charge is 0.335 e. The molecule has 3 rings (SSSR count). The molecule has 3 aromatic rings. The van der Waals surface area contributed by atoms with Gasteiger partial charge in [-0.2, -0.15) is 0 Å². The number of carbonyl (C=O) groups is 3. The van der Waals surface area contributed by atoms with E-state index < -0.39 is 20.4 Å². The van der Waals surface area contributed by atoms with Crippen LogP contribution in [0.25, 0.3) is 0 Å². The monoisotopic (exact) mass is 710 g/mol. The number of hydrogen-bond donors (Lipinski definition) is 2. The molecule has 46 heavy (non-hydrogen) atoms. The van der Waals surface area contributed by atoms with Crippen molar-refractivity contribution >= 4 is 59.3 Å². The topological polar surface area (TPSA) is 104 Å². The van der Waals surface area contributed by atoms with Gasteiger partial charge in [0.1, 0.15) is 0 Å². The highest BCUT2D eigenvalue weighted by molar-refractivity contribution is 8.26. The lowest BCUT2D eigenvalue weighted by atomic mass is 10.2. The summed E-state index contributed by atoms with van der Waals surface area (Å²) >= 11 is 5.16. The summed E-state index contributed by atoms with van der Waals surface area (Å²) in [7, 11) is 7.36. The fourth-order valence-corrected chi connectivity index (χ4v) is 2.88. The first-order valence-electron chi connectivity index (χ1n) is 12.8. The SMILES string of the molecule is C.C.C=CCN(CC=C)C(=O)c1ccccc1.C=CCNCC=C.O=C(Cl)c1ccccc1.O=C(O)c1ccccc1.O=S(Cl)Cl. The molecular formula is C35H45Cl3N2O5S. The van der Waals surface area contributed by atoms with E-state index in [1.165, 1.54) is 0 Å². The van der Waals surface area contributed by atoms with Gasteiger partial charge in [-0.05, 0) is 35.9 Å². The molecule has 0 bridgehead atoms. The highest BCUT2D eigenvalue weighted by Crippen LogP contribution is 2.05. The summed E-state index contributed by atoms with van der Waals surface area (Å²) in [5.74, 6) is -0.869. The van der Waals surface area contributed by atoms with Gasteiger partial charge in [0, 0.05) is 58.7 Å². The van der Waals surface area contributed by atoms with Crippen molar-refractivity contribution < 1.29 is 23.7 Å². The number of halogens is 3. The van der Waals surface area contributed by atoms with Gasteiger partial charge >= 0.3 is 5.97 Å². The van der Waals surface area contributed by atoms with Crippen LogP contribution < -0.4 is 5.32 Å². The Morgan fingerprint density at radius 3 is 1.24 bits per heavy atom. The van der Waals surface area contributed by atoms with Crippen molar-refractivity contribution in [2.75, 3.05) is 26.2 Å². The standard InChI is InChI=1S/C13H15NO.C7H5ClO.C7H6O2.C6H11N.2CH4.Cl2OS/c1-3-10-14(11-4-2)13(15)12-8-6-5-7-9-12;2*8-7(9)6-4-2-1-3-5-6;1-3-5-7-6-4-2;;;1-4(2)3/h3-9H,1-2,10-11H2;1-5H;1-5H,(H,8,9);3-4,7H,1-2,5-6H2;2*1H4;. The van der Waals surface area contributed by atoms with Crippen LogP contribution in [-0.2, 0) is 9.23 Å². The molecular weight excluding hydrogens is 667 g/mol. The number of carboxylic acid groups (broad SMARTS) is 1. The Morgan fingerprint density at radius 2 is 1.00 bits per heavy atom. The molecule has 0 spiro atoms. The fraction of sp³-hybridized carbons (Fsp3) is 0.171. The quantitative estimate of drug-likeness (QED) is 0.117. The van der Waals surface area contributed by atoms with E-state index in [9.17, 15) is 14.4 Å². The lowest BCUT2D eigenvalue weighted by Crippen LogP contribution is -2.31. The summed E-state index contributed by atoms with van der Waals surface area (Å²) in [5, 5.41) is 11.0. The van der Waals surface area contributed by atoms with E-state index in [4.69, 9.17) is 20.9 Å². The van der Waals surface area contributed by atoms with E-state index in [0.29, 0.717) is 29.8 Å². The van der Waals surface area contributed by atoms with Gasteiger partial charge in [-0.3, -0.25) is 9.59 Å². The number of amides is 1. The Morgan fingerprint density at radius 1 is 0.674 bits per heavy atom. The van der Waals surface area contributed by atoms with Crippen LogP contribution in [0.2, 0.25) is 0 Å². The van der Waals surface area contributed by atoms with E-state index in [1.54, 1.807) is 71.6 Å². The molecule has 0 saturated carbocycles. The van der Waals surface area contributed by atoms with E-state index in [1.807, 2.05) is 48.6 Å². The molecule has 0 heterocycles. The number of carboxylic acids is 1. The highest BCUT2D eigenvalue weighted by atomic mass is 36.0. The van der Waals surface area contributed by atoms with Crippen LogP contribution in [0.3, 0.4) is 0 Å². The van der Waals surface area contributed by atoms with E-state index in [-0.39, 0.29) is 20.8 Å². The van der Waals surface area contributed by atoms with Crippen molar-refractivity contribution in [2.24, 2.45) is 0 Å². The average molecular weight is 712 g/mol. The molecule has 0 aromatic heterocycles. The zero-order valence-electron chi connectivity index (χ0n) is 24.2. The third-order valence-corrected chi connectivity index (χ3v) is 4.82. The largest absolute Gasteiger partial charge is 0.478 e. The average Bonchev–Trinajstić information content (AvgIpc) is 3.03. The van der Waals surface area contributed by atoms with E-state index in [2.05, 4.69) is 53.0 Å². The number of benzene rings is 3. The minimum Gasteiger partial charge on any atom is -0.478 e. The molecule has 0 atom stereocenters. The molecule has 7 nitrogen and oxygen atoms in total. The molecule has 0 fully saturated rings. The van der Waals surface area contributed by atoms with Crippen LogP contribution in [0.5, 0.6) is 0 Å². The van der Waals surface area contributed by atoms with Crippen molar-refractivity contribution in [1.29, 1.82) is 0 Å². The Labute approximate surface area is 291 Å². The second-order valence-electron chi connectivity index (χ2n) is 7.88. The molecule has 3 aromatic carbocycles. The number of nitrogens with zero attached hydrogens (tertiary/aromatic N) is 1. The molecule has 0 saturated heterocycles. The zero-order valence-corrected chi connectivity index (χ0v) is 27.3. The first-order valence-corrected chi connectivity index (χ1v) is 16.0. The zero-order chi connectivity index (χ0) is 33.6. The predicted molar refractivity (Wildman–Crippen MR) is 199 cm³/mol. The summed E-state index contributed by atoms with van der Waals surface area (Å²) in [6.45, 7) is 17.1. The number of carbonyl (C=O) groups excluding carboxylic acids is 2. The van der Waals surface area contributed by atoms with Crippen LogP contribution in [0.15, 0.2) is 142 Å². The Balaban J connectivity index is -0.000000251. The van der Waals surface area contributed by atoms with Crippen LogP contribution >= 0.6 is 33.0 Å². The Kier molecular flexibility index (Phi) is 36.4. The summed E-state index contributed by atoms with van der Waals surface area (Å²) < 4.78 is 9.09. The van der Waals surface area contributed by atoms with Gasteiger partial charge in [-0.15, -0.1) is 26.3 Å². The van der Waals surface area contributed by atoms with Gasteiger partial charge in [0.25, 0.3) is 11.1 Å². The molecule has 2 N–H and O–H groups in total. The number of rotatable bonds is 11. The number of nitrogens with one attached hydrogen (secondary N) is 1. The van der Waals surface area contributed by atoms with Crippen LogP contribution in [0, 0.1) is 0 Å². The molecule has 0 aliphatic carbocycles. The third kappa shape index (κ3) is 29.0. The van der Waals surface area contributed by atoms with Crippen molar-refractivity contribution in [2.45, 2.75) is 14.9 Å². The molecule has 1 amide bonds. The molecule has 0 radical (unpaired) electrons. The Bertz CT molecular complexity index is 1210. The number of aromatic carboxylic acids is 1. The van der Waals surface area contributed by atoms with Gasteiger partial charge in [0.05, 0.1) is 5.56 Å². The summed E-state index contributed by atoms with van der Waals surface area (Å²) in [6, 6.07) is 26.2. The van der Waals surface area contributed by atoms with Gasteiger partial charge < -0.3 is 15.3 Å². The fourth-order valence-electron chi connectivity index (χ4n) is 2.75. The first kappa shape index (κ1) is 49.1. The minimum absolute atomic E-state index is 0. The lowest BCUT2D eigenvalue weighted by molar-refractivity contribution is 0.0696. The lowest BCUT2D eigenvalue weighted by Gasteiger charge is -2.19. The molecule has 0 unspecified atom stereocenters. The van der Waals surface area contributed by atoms with Crippen molar-refractivity contribution in [3.63, 3.8) is 0 Å². The van der Waals surface area contributed by atoms with Gasteiger partial charge in [-0.25, -0.2) is 9.00 Å². The summed E-state index contributed by atoms with van der Waals surface area (Å²) in [4.78, 5) is 34.3. The minimum atomic E-state index is -1.67. The van der Waals surface area contributed by atoms with Crippen molar-refractivity contribution in [3.05, 3.63) is 158 Å². The second kappa shape index (κ2) is 34.1. The molecule has 0 aliphatic rings. The Hall–Kier alpha value is -3.79. The second-order valence-corrected chi connectivity index (χ2v) is 10.8. The maximum absolute atomic E-state index is 12.0. The van der Waals surface area contributed by atoms with Gasteiger partial charge in [0.2, 0.25) is 9.23 Å². The van der Waals surface area contributed by atoms with Crippen LogP contribution in [-0.4, -0.2) is 57.5 Å². The third-order valence-electron chi connectivity index (χ3n) is 4.61. The maximum Gasteiger partial charge on any atom is 0.335 e. The highest BCUT2D eigenvalue weighted by Gasteiger charge is 2.11. The van der Waals surface area contributed by atoms with Crippen LogP contribution in [0.4, 0.5) is 0 Å². The molecule has 11 heteroatoms. The van der Waals surface area contributed by atoms with Gasteiger partial charge in [0.15, 0.2) is 0 Å². The van der Waals surface area contributed by atoms with Crippen LogP contribution in [0.1, 0.15) is 45.9 Å². The van der Waals surface area contributed by atoms with Gasteiger partial charge in [-0.1, -0.05) is 106 Å². The number of hydrogen-bond acceptors (Lipinski definition) is 5.